The van der Waals surface area contributed by atoms with Gasteiger partial charge in [0.2, 0.25) is 11.6 Å². The summed E-state index contributed by atoms with van der Waals surface area (Å²) in [6.07, 6.45) is 3.94. The molecule has 0 nitrogen and oxygen atoms in total. The van der Waals surface area contributed by atoms with Crippen LogP contribution in [-0.4, -0.2) is 0 Å². The Kier molecular flexibility index (Phi) is 6.87. The summed E-state index contributed by atoms with van der Waals surface area (Å²) in [7, 11) is 0. The summed E-state index contributed by atoms with van der Waals surface area (Å²) in [5, 5.41) is 2.72. The molecule has 0 saturated carbocycles. The van der Waals surface area contributed by atoms with Crippen molar-refractivity contribution >= 4 is 45.8 Å². The Morgan fingerprint density at radius 3 is 0.925 bits per heavy atom. The van der Waals surface area contributed by atoms with Crippen LogP contribution in [0.4, 0.5) is 43.9 Å². The fourth-order valence-corrected chi connectivity index (χ4v) is 4.14. The Morgan fingerprint density at radius 2 is 0.600 bits per heavy atom. The van der Waals surface area contributed by atoms with Crippen molar-refractivity contribution in [3.8, 4) is 0 Å². The van der Waals surface area contributed by atoms with Gasteiger partial charge >= 0.3 is 0 Å². The highest BCUT2D eigenvalue weighted by Gasteiger charge is 2.25. The van der Waals surface area contributed by atoms with Crippen molar-refractivity contribution < 1.29 is 43.9 Å². The Labute approximate surface area is 219 Å². The average Bonchev–Trinajstić information content (AvgIpc) is 2.95. The first kappa shape index (κ1) is 27.0. The van der Waals surface area contributed by atoms with Crippen molar-refractivity contribution in [2.75, 3.05) is 0 Å². The van der Waals surface area contributed by atoms with Gasteiger partial charge in [0.25, 0.3) is 0 Å². The zero-order valence-corrected chi connectivity index (χ0v) is 19.7. The lowest BCUT2D eigenvalue weighted by molar-refractivity contribution is 0.377. The molecule has 0 spiro atoms. The van der Waals surface area contributed by atoms with E-state index in [0.717, 1.165) is 12.2 Å². The van der Waals surface area contributed by atoms with Gasteiger partial charge in [0.05, 0.1) is 11.1 Å². The fourth-order valence-electron chi connectivity index (χ4n) is 4.14. The number of fused-ring (bicyclic) bond motifs is 2. The van der Waals surface area contributed by atoms with E-state index < -0.39 is 69.3 Å². The first-order valence-corrected chi connectivity index (χ1v) is 11.3. The van der Waals surface area contributed by atoms with Crippen LogP contribution in [0.3, 0.4) is 0 Å². The maximum atomic E-state index is 13.9. The summed E-state index contributed by atoms with van der Waals surface area (Å²) in [4.78, 5) is 0. The van der Waals surface area contributed by atoms with E-state index in [4.69, 9.17) is 0 Å². The van der Waals surface area contributed by atoms with E-state index in [1.54, 1.807) is 48.5 Å². The number of halogens is 10. The molecule has 202 valence electrons. The van der Waals surface area contributed by atoms with Crippen LogP contribution in [0.1, 0.15) is 22.3 Å². The van der Waals surface area contributed by atoms with Gasteiger partial charge in [-0.2, -0.15) is 0 Å². The Balaban J connectivity index is 1.47. The van der Waals surface area contributed by atoms with Crippen LogP contribution in [0.25, 0.3) is 45.8 Å². The summed E-state index contributed by atoms with van der Waals surface area (Å²) >= 11 is 0. The van der Waals surface area contributed by atoms with Gasteiger partial charge in [0.1, 0.15) is 0 Å². The van der Waals surface area contributed by atoms with Gasteiger partial charge in [0.15, 0.2) is 46.5 Å². The first-order valence-electron chi connectivity index (χ1n) is 11.3. The standard InChI is InChI=1S/C30H12F10/c31-21-19(22(32)26(36)29(39)25(21)35)7-3-13-1-5-15-11-18-10-14(2-6-16(18)12-17(15)9-13)4-8-20-23(33)27(37)30(40)28(38)24(20)34/h1-12H/b7-3+,8-4+. The van der Waals surface area contributed by atoms with Crippen LogP contribution in [0, 0.1) is 58.2 Å². The van der Waals surface area contributed by atoms with Crippen molar-refractivity contribution in [1.82, 2.24) is 0 Å². The predicted molar refractivity (Wildman–Crippen MR) is 132 cm³/mol. The number of hydrogen-bond donors (Lipinski definition) is 0. The van der Waals surface area contributed by atoms with Gasteiger partial charge < -0.3 is 0 Å². The van der Waals surface area contributed by atoms with E-state index in [1.807, 2.05) is 0 Å². The molecule has 0 amide bonds. The molecule has 0 aromatic heterocycles. The molecule has 10 heteroatoms. The highest BCUT2D eigenvalue weighted by Crippen LogP contribution is 2.29. The summed E-state index contributed by atoms with van der Waals surface area (Å²) in [5.41, 5.74) is -1.36. The second-order valence-electron chi connectivity index (χ2n) is 8.70. The molecule has 5 aromatic carbocycles. The Hall–Kier alpha value is -4.60. The molecule has 0 radical (unpaired) electrons. The summed E-state index contributed by atoms with van der Waals surface area (Å²) in [6, 6.07) is 13.1. The third-order valence-electron chi connectivity index (χ3n) is 6.22. The van der Waals surface area contributed by atoms with E-state index >= 15 is 0 Å². The third kappa shape index (κ3) is 4.59. The summed E-state index contributed by atoms with van der Waals surface area (Å²) < 4.78 is 136. The molecule has 0 aliphatic carbocycles. The van der Waals surface area contributed by atoms with Gasteiger partial charge in [-0.05, 0) is 69.1 Å². The van der Waals surface area contributed by atoms with Gasteiger partial charge in [-0.3, -0.25) is 0 Å². The van der Waals surface area contributed by atoms with Crippen LogP contribution in [0.5, 0.6) is 0 Å². The largest absolute Gasteiger partial charge is 0.203 e. The van der Waals surface area contributed by atoms with Gasteiger partial charge in [-0.15, -0.1) is 0 Å². The van der Waals surface area contributed by atoms with E-state index in [9.17, 15) is 43.9 Å². The molecule has 0 saturated heterocycles. The predicted octanol–water partition coefficient (Wildman–Crippen LogP) is 9.72. The van der Waals surface area contributed by atoms with Crippen molar-refractivity contribution in [3.63, 3.8) is 0 Å². The van der Waals surface area contributed by atoms with Gasteiger partial charge in [-0.25, -0.2) is 43.9 Å². The number of hydrogen-bond acceptors (Lipinski definition) is 0. The van der Waals surface area contributed by atoms with E-state index in [0.29, 0.717) is 32.7 Å². The van der Waals surface area contributed by atoms with Gasteiger partial charge in [0, 0.05) is 0 Å². The van der Waals surface area contributed by atoms with Crippen LogP contribution >= 0.6 is 0 Å². The van der Waals surface area contributed by atoms with Crippen molar-refractivity contribution in [2.45, 2.75) is 0 Å². The lowest BCUT2D eigenvalue weighted by Crippen LogP contribution is -2.03. The zero-order chi connectivity index (χ0) is 28.9. The molecule has 0 N–H and O–H groups in total. The molecule has 0 bridgehead atoms. The minimum Gasteiger partial charge on any atom is -0.203 e. The molecule has 5 rings (SSSR count). The number of rotatable bonds is 4. The highest BCUT2D eigenvalue weighted by atomic mass is 19.2. The minimum absolute atomic E-state index is 0.401. The lowest BCUT2D eigenvalue weighted by atomic mass is 9.99. The monoisotopic (exact) mass is 562 g/mol. The summed E-state index contributed by atoms with van der Waals surface area (Å²) in [6.45, 7) is 0. The topological polar surface area (TPSA) is 0 Å². The molecule has 5 aromatic rings. The normalized spacial score (nSPS) is 12.1. The van der Waals surface area contributed by atoms with Crippen LogP contribution in [0.2, 0.25) is 0 Å². The molecule has 0 aliphatic rings. The molecule has 0 fully saturated rings. The molecular formula is C30H12F10. The Bertz CT molecular complexity index is 1710. The van der Waals surface area contributed by atoms with Crippen LogP contribution in [-0.2, 0) is 0 Å². The van der Waals surface area contributed by atoms with E-state index in [1.165, 1.54) is 12.2 Å². The SMILES string of the molecule is Fc1c(F)c(F)c(/C=C/c2ccc3cc4cc(/C=C/c5c(F)c(F)c(F)c(F)c5F)ccc4cc3c2)c(F)c1F. The second-order valence-corrected chi connectivity index (χ2v) is 8.70. The second kappa shape index (κ2) is 10.2. The van der Waals surface area contributed by atoms with E-state index in [2.05, 4.69) is 0 Å². The lowest BCUT2D eigenvalue weighted by Gasteiger charge is -2.07. The maximum absolute atomic E-state index is 13.9. The Morgan fingerprint density at radius 1 is 0.300 bits per heavy atom. The third-order valence-corrected chi connectivity index (χ3v) is 6.22. The van der Waals surface area contributed by atoms with Crippen molar-refractivity contribution in [3.05, 3.63) is 129 Å². The van der Waals surface area contributed by atoms with Crippen LogP contribution in [0.15, 0.2) is 48.5 Å². The first-order chi connectivity index (χ1) is 19.0. The molecule has 0 atom stereocenters. The smallest absolute Gasteiger partial charge is 0.200 e. The fraction of sp³-hybridized carbons (Fsp3) is 0. The molecule has 40 heavy (non-hydrogen) atoms. The minimum atomic E-state index is -2.25. The van der Waals surface area contributed by atoms with Crippen LogP contribution < -0.4 is 0 Å². The zero-order valence-electron chi connectivity index (χ0n) is 19.7. The average molecular weight is 562 g/mol. The number of benzene rings is 5. The maximum Gasteiger partial charge on any atom is 0.200 e. The quantitative estimate of drug-likeness (QED) is 0.0673. The molecule has 0 aliphatic heterocycles. The molecule has 0 unspecified atom stereocenters. The van der Waals surface area contributed by atoms with Crippen molar-refractivity contribution in [1.29, 1.82) is 0 Å². The molecule has 0 heterocycles. The summed E-state index contributed by atoms with van der Waals surface area (Å²) in [5.74, 6) is -20.5. The van der Waals surface area contributed by atoms with E-state index in [-0.39, 0.29) is 0 Å². The molecular weight excluding hydrogens is 550 g/mol. The van der Waals surface area contributed by atoms with Crippen molar-refractivity contribution in [2.24, 2.45) is 0 Å². The van der Waals surface area contributed by atoms with Gasteiger partial charge in [-0.1, -0.05) is 36.4 Å². The highest BCUT2D eigenvalue weighted by molar-refractivity contribution is 6.00.